The summed E-state index contributed by atoms with van der Waals surface area (Å²) in [6.45, 7) is 6.31. The molecule has 6 rings (SSSR count). The molecular weight excluding hydrogens is 406 g/mol. The van der Waals surface area contributed by atoms with Crippen LogP contribution in [-0.4, -0.2) is 11.6 Å². The minimum atomic E-state index is -0.623. The van der Waals surface area contributed by atoms with E-state index in [4.69, 9.17) is 0 Å². The Kier molecular flexibility index (Phi) is 4.15. The molecule has 0 unspecified atom stereocenters. The predicted molar refractivity (Wildman–Crippen MR) is 134 cm³/mol. The number of carbonyl (C=O) groups excluding carboxylic acids is 1. The van der Waals surface area contributed by atoms with Crippen molar-refractivity contribution in [1.82, 2.24) is 5.43 Å². The molecule has 0 saturated carbocycles. The van der Waals surface area contributed by atoms with Crippen LogP contribution >= 0.6 is 0 Å². The number of fused-ring (bicyclic) bond motifs is 7. The van der Waals surface area contributed by atoms with Gasteiger partial charge in [0, 0.05) is 16.8 Å². The second kappa shape index (κ2) is 6.97. The molecule has 33 heavy (non-hydrogen) atoms. The molecule has 4 aromatic rings. The summed E-state index contributed by atoms with van der Waals surface area (Å²) in [6.07, 6.45) is 2.72. The number of amides is 1. The number of carbonyl (C=O) groups is 1. The lowest BCUT2D eigenvalue weighted by molar-refractivity contribution is 0.0935. The standard InChI is InChI=1S/C29H25N3O/c1-3-19-29-23-15-9-10-16-24(23)30-28(29,2)32(31-27(33)21-12-5-4-6-13-21)25-18-17-20-11-7-8-14-22(20)26(25)29/h3-18,30H,1,19H2,2H3,(H,31,33)/t28-,29+/m1/s1. The molecular formula is C29H25N3O. The van der Waals surface area contributed by atoms with Gasteiger partial charge >= 0.3 is 0 Å². The van der Waals surface area contributed by atoms with E-state index in [1.54, 1.807) is 0 Å². The van der Waals surface area contributed by atoms with E-state index in [0.29, 0.717) is 5.56 Å². The number of nitrogens with one attached hydrogen (secondary N) is 2. The summed E-state index contributed by atoms with van der Waals surface area (Å²) in [7, 11) is 0. The van der Waals surface area contributed by atoms with Crippen LogP contribution < -0.4 is 15.8 Å². The van der Waals surface area contributed by atoms with Gasteiger partial charge in [-0.25, -0.2) is 0 Å². The molecule has 0 aromatic heterocycles. The quantitative estimate of drug-likeness (QED) is 0.389. The lowest BCUT2D eigenvalue weighted by Gasteiger charge is -2.43. The molecule has 2 aliphatic heterocycles. The normalized spacial score (nSPS) is 22.3. The summed E-state index contributed by atoms with van der Waals surface area (Å²) in [5.41, 5.74) is 7.35. The van der Waals surface area contributed by atoms with Crippen molar-refractivity contribution in [3.8, 4) is 0 Å². The molecule has 4 nitrogen and oxygen atoms in total. The van der Waals surface area contributed by atoms with Crippen LogP contribution in [-0.2, 0) is 5.41 Å². The highest BCUT2D eigenvalue weighted by molar-refractivity contribution is 6.00. The fourth-order valence-electron chi connectivity index (χ4n) is 5.91. The van der Waals surface area contributed by atoms with Gasteiger partial charge in [0.05, 0.1) is 11.1 Å². The zero-order chi connectivity index (χ0) is 22.6. The van der Waals surface area contributed by atoms with Gasteiger partial charge in [0.1, 0.15) is 5.66 Å². The van der Waals surface area contributed by atoms with Crippen LogP contribution in [0.1, 0.15) is 34.8 Å². The third-order valence-corrected chi connectivity index (χ3v) is 7.32. The highest BCUT2D eigenvalue weighted by Gasteiger charge is 2.65. The lowest BCUT2D eigenvalue weighted by atomic mass is 9.67. The van der Waals surface area contributed by atoms with Gasteiger partial charge in [0.2, 0.25) is 0 Å². The fraction of sp³-hybridized carbons (Fsp3) is 0.138. The molecule has 0 aliphatic carbocycles. The maximum Gasteiger partial charge on any atom is 0.269 e. The molecule has 2 N–H and O–H groups in total. The minimum absolute atomic E-state index is 0.136. The zero-order valence-electron chi connectivity index (χ0n) is 18.5. The summed E-state index contributed by atoms with van der Waals surface area (Å²) in [5.74, 6) is -0.136. The van der Waals surface area contributed by atoms with E-state index in [1.165, 1.54) is 21.9 Å². The Labute approximate surface area is 193 Å². The summed E-state index contributed by atoms with van der Waals surface area (Å²) in [4.78, 5) is 13.3. The van der Waals surface area contributed by atoms with Crippen molar-refractivity contribution in [3.63, 3.8) is 0 Å². The first kappa shape index (κ1) is 19.6. The smallest absolute Gasteiger partial charge is 0.269 e. The van der Waals surface area contributed by atoms with E-state index in [9.17, 15) is 4.79 Å². The van der Waals surface area contributed by atoms with Crippen LogP contribution in [0.4, 0.5) is 11.4 Å². The molecule has 2 heterocycles. The highest BCUT2D eigenvalue weighted by atomic mass is 16.2. The monoisotopic (exact) mass is 431 g/mol. The van der Waals surface area contributed by atoms with Crippen molar-refractivity contribution in [3.05, 3.63) is 120 Å². The largest absolute Gasteiger partial charge is 0.360 e. The van der Waals surface area contributed by atoms with Crippen LogP contribution in [0.15, 0.2) is 104 Å². The maximum atomic E-state index is 13.3. The summed E-state index contributed by atoms with van der Waals surface area (Å²) in [5, 5.41) is 8.19. The van der Waals surface area contributed by atoms with Gasteiger partial charge in [-0.15, -0.1) is 6.58 Å². The number of hydrogen-bond donors (Lipinski definition) is 2. The lowest BCUT2D eigenvalue weighted by Crippen LogP contribution is -2.63. The molecule has 4 heteroatoms. The van der Waals surface area contributed by atoms with Crippen molar-refractivity contribution in [2.24, 2.45) is 0 Å². The molecule has 1 amide bonds. The van der Waals surface area contributed by atoms with E-state index in [-0.39, 0.29) is 5.91 Å². The SMILES string of the molecule is C=CC[C@@]12c3ccccc3N[C@]1(C)N(NC(=O)c1ccccc1)c1ccc3ccccc3c12. The van der Waals surface area contributed by atoms with Crippen LogP contribution in [0, 0.1) is 0 Å². The first-order valence-corrected chi connectivity index (χ1v) is 11.3. The molecule has 2 atom stereocenters. The van der Waals surface area contributed by atoms with Gasteiger partial charge in [-0.3, -0.25) is 15.2 Å². The summed E-state index contributed by atoms with van der Waals surface area (Å²) >= 11 is 0. The Morgan fingerprint density at radius 2 is 1.70 bits per heavy atom. The minimum Gasteiger partial charge on any atom is -0.360 e. The van der Waals surface area contributed by atoms with Crippen molar-refractivity contribution in [1.29, 1.82) is 0 Å². The second-order valence-electron chi connectivity index (χ2n) is 8.96. The van der Waals surface area contributed by atoms with Crippen molar-refractivity contribution in [2.75, 3.05) is 10.3 Å². The Morgan fingerprint density at radius 3 is 2.52 bits per heavy atom. The third kappa shape index (κ3) is 2.49. The van der Waals surface area contributed by atoms with E-state index in [0.717, 1.165) is 17.8 Å². The second-order valence-corrected chi connectivity index (χ2v) is 8.96. The van der Waals surface area contributed by atoms with E-state index in [1.807, 2.05) is 41.4 Å². The molecule has 0 saturated heterocycles. The van der Waals surface area contributed by atoms with Gasteiger partial charge < -0.3 is 5.32 Å². The van der Waals surface area contributed by atoms with Crippen molar-refractivity contribution in [2.45, 2.75) is 24.4 Å². The average Bonchev–Trinajstić information content (AvgIpc) is 3.22. The molecule has 162 valence electrons. The van der Waals surface area contributed by atoms with Crippen LogP contribution in [0.3, 0.4) is 0 Å². The fourth-order valence-corrected chi connectivity index (χ4v) is 5.91. The number of allylic oxidation sites excluding steroid dienone is 1. The van der Waals surface area contributed by atoms with E-state index < -0.39 is 11.1 Å². The Morgan fingerprint density at radius 1 is 0.970 bits per heavy atom. The third-order valence-electron chi connectivity index (χ3n) is 7.32. The average molecular weight is 432 g/mol. The van der Waals surface area contributed by atoms with Crippen molar-refractivity contribution >= 4 is 28.1 Å². The Hall–Kier alpha value is -4.05. The number of hydrazine groups is 1. The van der Waals surface area contributed by atoms with Crippen molar-refractivity contribution < 1.29 is 4.79 Å². The van der Waals surface area contributed by atoms with Crippen LogP contribution in [0.2, 0.25) is 0 Å². The van der Waals surface area contributed by atoms with E-state index >= 15 is 0 Å². The molecule has 0 spiro atoms. The van der Waals surface area contributed by atoms with Gasteiger partial charge in [0.25, 0.3) is 5.91 Å². The molecule has 0 fully saturated rings. The zero-order valence-corrected chi connectivity index (χ0v) is 18.5. The number of hydrogen-bond acceptors (Lipinski definition) is 3. The topological polar surface area (TPSA) is 44.4 Å². The number of benzene rings is 4. The summed E-state index contributed by atoms with van der Waals surface area (Å²) in [6, 6.07) is 30.6. The molecule has 0 radical (unpaired) electrons. The van der Waals surface area contributed by atoms with E-state index in [2.05, 4.69) is 84.9 Å². The number of nitrogens with zero attached hydrogens (tertiary/aromatic N) is 1. The number of anilines is 2. The number of para-hydroxylation sites is 1. The van der Waals surface area contributed by atoms with Gasteiger partial charge in [0.15, 0.2) is 0 Å². The molecule has 4 aromatic carbocycles. The maximum absolute atomic E-state index is 13.3. The number of rotatable bonds is 4. The first-order valence-electron chi connectivity index (χ1n) is 11.3. The van der Waals surface area contributed by atoms with Gasteiger partial charge in [-0.2, -0.15) is 0 Å². The highest BCUT2D eigenvalue weighted by Crippen LogP contribution is 2.63. The van der Waals surface area contributed by atoms with Crippen LogP contribution in [0.5, 0.6) is 0 Å². The predicted octanol–water partition coefficient (Wildman–Crippen LogP) is 6.01. The first-order chi connectivity index (χ1) is 16.1. The molecule has 0 bridgehead atoms. The Balaban J connectivity index is 1.64. The Bertz CT molecular complexity index is 1410. The summed E-state index contributed by atoms with van der Waals surface area (Å²) < 4.78 is 0. The van der Waals surface area contributed by atoms with Gasteiger partial charge in [-0.05, 0) is 53.9 Å². The molecule has 2 aliphatic rings. The van der Waals surface area contributed by atoms with Gasteiger partial charge in [-0.1, -0.05) is 72.8 Å². The van der Waals surface area contributed by atoms with Crippen LogP contribution in [0.25, 0.3) is 10.8 Å².